The van der Waals surface area contributed by atoms with Crippen molar-refractivity contribution < 1.29 is 35.5 Å². The molecule has 0 aliphatic rings. The van der Waals surface area contributed by atoms with E-state index in [4.69, 9.17) is 0 Å². The van der Waals surface area contributed by atoms with Crippen LogP contribution < -0.4 is 10.1 Å². The highest BCUT2D eigenvalue weighted by Gasteiger charge is 2.59. The van der Waals surface area contributed by atoms with Crippen LogP contribution in [0.1, 0.15) is 0 Å². The molecule has 4 nitrogen and oxygen atoms in total. The van der Waals surface area contributed by atoms with E-state index in [0.29, 0.717) is 6.20 Å². The standard InChI is InChI=1S/C8H6F7N3O/c1-16-6-17-2-3(9)4(18-6)19-5(7(10,11)12)8(13,14)15/h2,5H,1H3,(H,16,17,18). The second kappa shape index (κ2) is 5.05. The monoisotopic (exact) mass is 293 g/mol. The number of alkyl halides is 6. The molecule has 0 atom stereocenters. The third-order valence-corrected chi connectivity index (χ3v) is 1.76. The highest BCUT2D eigenvalue weighted by molar-refractivity contribution is 5.27. The van der Waals surface area contributed by atoms with Crippen molar-refractivity contribution in [1.29, 1.82) is 0 Å². The first-order chi connectivity index (χ1) is 8.55. The van der Waals surface area contributed by atoms with Gasteiger partial charge in [-0.25, -0.2) is 4.98 Å². The maximum Gasteiger partial charge on any atom is 0.434 e. The van der Waals surface area contributed by atoms with E-state index in [2.05, 4.69) is 20.0 Å². The molecule has 0 unspecified atom stereocenters. The molecular weight excluding hydrogens is 287 g/mol. The molecule has 0 saturated carbocycles. The molecule has 0 spiro atoms. The molecule has 0 aliphatic heterocycles. The molecular formula is C8H6F7N3O. The summed E-state index contributed by atoms with van der Waals surface area (Å²) < 4.78 is 89.8. The van der Waals surface area contributed by atoms with Crippen molar-refractivity contribution in [3.05, 3.63) is 12.0 Å². The summed E-state index contributed by atoms with van der Waals surface area (Å²) >= 11 is 0. The lowest BCUT2D eigenvalue weighted by atomic mass is 10.3. The van der Waals surface area contributed by atoms with Crippen molar-refractivity contribution in [3.8, 4) is 5.88 Å². The fraction of sp³-hybridized carbons (Fsp3) is 0.500. The molecule has 1 rings (SSSR count). The van der Waals surface area contributed by atoms with Crippen molar-refractivity contribution in [2.75, 3.05) is 12.4 Å². The maximum atomic E-state index is 13.0. The summed E-state index contributed by atoms with van der Waals surface area (Å²) in [5, 5.41) is 2.21. The van der Waals surface area contributed by atoms with E-state index >= 15 is 0 Å². The van der Waals surface area contributed by atoms with E-state index < -0.39 is 30.2 Å². The summed E-state index contributed by atoms with van der Waals surface area (Å²) in [5.41, 5.74) is 0. The Morgan fingerprint density at radius 3 is 2.11 bits per heavy atom. The lowest BCUT2D eigenvalue weighted by molar-refractivity contribution is -0.300. The summed E-state index contributed by atoms with van der Waals surface area (Å²) in [5.74, 6) is -3.38. The van der Waals surface area contributed by atoms with Crippen LogP contribution in [0.15, 0.2) is 6.20 Å². The third kappa shape index (κ3) is 3.83. The van der Waals surface area contributed by atoms with Crippen LogP contribution in [-0.2, 0) is 0 Å². The number of hydrogen-bond acceptors (Lipinski definition) is 4. The molecule has 108 valence electrons. The molecule has 0 aromatic carbocycles. The van der Waals surface area contributed by atoms with Gasteiger partial charge in [-0.3, -0.25) is 0 Å². The summed E-state index contributed by atoms with van der Waals surface area (Å²) in [6.07, 6.45) is -15.3. The van der Waals surface area contributed by atoms with Crippen LogP contribution in [0.5, 0.6) is 5.88 Å². The van der Waals surface area contributed by atoms with Gasteiger partial charge in [-0.05, 0) is 0 Å². The number of halogens is 7. The van der Waals surface area contributed by atoms with Crippen LogP contribution in [0.2, 0.25) is 0 Å². The van der Waals surface area contributed by atoms with Crippen LogP contribution in [0.4, 0.5) is 36.7 Å². The van der Waals surface area contributed by atoms with Crippen LogP contribution in [0, 0.1) is 5.82 Å². The summed E-state index contributed by atoms with van der Waals surface area (Å²) in [7, 11) is 1.24. The SMILES string of the molecule is CNc1ncc(F)c(OC(C(F)(F)F)C(F)(F)F)n1. The molecule has 0 radical (unpaired) electrons. The quantitative estimate of drug-likeness (QED) is 0.870. The Morgan fingerprint density at radius 1 is 1.16 bits per heavy atom. The minimum Gasteiger partial charge on any atom is -0.453 e. The Labute approximate surface area is 101 Å². The molecule has 0 amide bonds. The molecule has 0 bridgehead atoms. The zero-order valence-electron chi connectivity index (χ0n) is 9.10. The first-order valence-corrected chi connectivity index (χ1v) is 4.56. The zero-order chi connectivity index (χ0) is 14.8. The van der Waals surface area contributed by atoms with Gasteiger partial charge in [0.05, 0.1) is 6.20 Å². The lowest BCUT2D eigenvalue weighted by Crippen LogP contribution is -2.46. The smallest absolute Gasteiger partial charge is 0.434 e. The zero-order valence-corrected chi connectivity index (χ0v) is 9.10. The van der Waals surface area contributed by atoms with Crippen molar-refractivity contribution in [3.63, 3.8) is 0 Å². The van der Waals surface area contributed by atoms with Gasteiger partial charge in [0.25, 0.3) is 12.0 Å². The van der Waals surface area contributed by atoms with Crippen LogP contribution in [0.3, 0.4) is 0 Å². The number of nitrogens with zero attached hydrogens (tertiary/aromatic N) is 2. The minimum absolute atomic E-state index is 0.387. The largest absolute Gasteiger partial charge is 0.453 e. The van der Waals surface area contributed by atoms with Crippen LogP contribution in [0.25, 0.3) is 0 Å². The molecule has 1 aromatic rings. The summed E-state index contributed by atoms with van der Waals surface area (Å²) in [6, 6.07) is 0. The molecule has 11 heteroatoms. The average Bonchev–Trinajstić information content (AvgIpc) is 2.24. The Hall–Kier alpha value is -1.81. The summed E-state index contributed by atoms with van der Waals surface area (Å²) in [6.45, 7) is 0. The van der Waals surface area contributed by atoms with Gasteiger partial charge in [0.2, 0.25) is 11.8 Å². The van der Waals surface area contributed by atoms with E-state index in [9.17, 15) is 30.7 Å². The first-order valence-electron chi connectivity index (χ1n) is 4.56. The van der Waals surface area contributed by atoms with Gasteiger partial charge < -0.3 is 10.1 Å². The second-order valence-electron chi connectivity index (χ2n) is 3.18. The van der Waals surface area contributed by atoms with E-state index in [-0.39, 0.29) is 5.95 Å². The van der Waals surface area contributed by atoms with E-state index in [1.807, 2.05) is 0 Å². The number of ether oxygens (including phenoxy) is 1. The predicted octanol–water partition coefficient (Wildman–Crippen LogP) is 2.53. The number of aromatic nitrogens is 2. The van der Waals surface area contributed by atoms with E-state index in [0.717, 1.165) is 0 Å². The van der Waals surface area contributed by atoms with Gasteiger partial charge in [-0.2, -0.15) is 35.7 Å². The fourth-order valence-corrected chi connectivity index (χ4v) is 0.985. The average molecular weight is 293 g/mol. The Bertz CT molecular complexity index is 431. The number of nitrogens with one attached hydrogen (secondary N) is 1. The predicted molar refractivity (Wildman–Crippen MR) is 48.1 cm³/mol. The minimum atomic E-state index is -5.75. The molecule has 19 heavy (non-hydrogen) atoms. The van der Waals surface area contributed by atoms with Gasteiger partial charge in [-0.15, -0.1) is 0 Å². The third-order valence-electron chi connectivity index (χ3n) is 1.76. The molecule has 0 fully saturated rings. The van der Waals surface area contributed by atoms with Crippen molar-refractivity contribution >= 4 is 5.95 Å². The van der Waals surface area contributed by atoms with Gasteiger partial charge in [0, 0.05) is 7.05 Å². The van der Waals surface area contributed by atoms with E-state index in [1.54, 1.807) is 0 Å². The van der Waals surface area contributed by atoms with Crippen LogP contribution >= 0.6 is 0 Å². The van der Waals surface area contributed by atoms with Gasteiger partial charge in [-0.1, -0.05) is 0 Å². The van der Waals surface area contributed by atoms with E-state index in [1.165, 1.54) is 7.05 Å². The van der Waals surface area contributed by atoms with Gasteiger partial charge in [0.1, 0.15) is 0 Å². The highest BCUT2D eigenvalue weighted by Crippen LogP contribution is 2.36. The molecule has 1 N–H and O–H groups in total. The van der Waals surface area contributed by atoms with Gasteiger partial charge in [0.15, 0.2) is 0 Å². The molecule has 1 aromatic heterocycles. The number of rotatable bonds is 3. The molecule has 1 heterocycles. The van der Waals surface area contributed by atoms with Crippen molar-refractivity contribution in [2.45, 2.75) is 18.5 Å². The number of hydrogen-bond donors (Lipinski definition) is 1. The van der Waals surface area contributed by atoms with Crippen molar-refractivity contribution in [2.24, 2.45) is 0 Å². The Kier molecular flexibility index (Phi) is 4.06. The second-order valence-corrected chi connectivity index (χ2v) is 3.18. The Balaban J connectivity index is 3.10. The normalized spacial score (nSPS) is 12.7. The molecule has 0 saturated heterocycles. The fourth-order valence-electron chi connectivity index (χ4n) is 0.985. The Morgan fingerprint density at radius 2 is 1.68 bits per heavy atom. The first kappa shape index (κ1) is 15.2. The van der Waals surface area contributed by atoms with Crippen LogP contribution in [-0.4, -0.2) is 35.5 Å². The topological polar surface area (TPSA) is 47.0 Å². The van der Waals surface area contributed by atoms with Crippen molar-refractivity contribution in [1.82, 2.24) is 9.97 Å². The highest BCUT2D eigenvalue weighted by atomic mass is 19.4. The molecule has 0 aliphatic carbocycles. The summed E-state index contributed by atoms with van der Waals surface area (Å²) in [4.78, 5) is 6.29. The maximum absolute atomic E-state index is 13.0. The van der Waals surface area contributed by atoms with Gasteiger partial charge >= 0.3 is 12.4 Å². The lowest BCUT2D eigenvalue weighted by Gasteiger charge is -2.23. The number of anilines is 1.